The van der Waals surface area contributed by atoms with Gasteiger partial charge in [0.2, 0.25) is 5.91 Å². The SMILES string of the molecule is CC(CCc1nc(-c2ccccc2)c(-c2ccccc2)o1)C(N)=O. The maximum Gasteiger partial charge on any atom is 0.220 e. The van der Waals surface area contributed by atoms with E-state index in [9.17, 15) is 4.79 Å². The Bertz CT molecular complexity index is 753. The molecule has 0 radical (unpaired) electrons. The first-order chi connectivity index (χ1) is 11.6. The summed E-state index contributed by atoms with van der Waals surface area (Å²) in [4.78, 5) is 15.9. The number of carbonyl (C=O) groups excluding carboxylic acids is 1. The molecule has 1 heterocycles. The Labute approximate surface area is 141 Å². The number of hydrogen-bond acceptors (Lipinski definition) is 3. The summed E-state index contributed by atoms with van der Waals surface area (Å²) >= 11 is 0. The van der Waals surface area contributed by atoms with Gasteiger partial charge in [-0.15, -0.1) is 0 Å². The third kappa shape index (κ3) is 3.54. The molecule has 1 atom stereocenters. The van der Waals surface area contributed by atoms with Crippen LogP contribution in [0.4, 0.5) is 0 Å². The van der Waals surface area contributed by atoms with Gasteiger partial charge in [-0.3, -0.25) is 4.79 Å². The van der Waals surface area contributed by atoms with Crippen molar-refractivity contribution in [1.29, 1.82) is 0 Å². The first kappa shape index (κ1) is 16.0. The lowest BCUT2D eigenvalue weighted by Gasteiger charge is -2.03. The second-order valence-electron chi connectivity index (χ2n) is 5.86. The van der Waals surface area contributed by atoms with E-state index in [1.165, 1.54) is 0 Å². The van der Waals surface area contributed by atoms with Gasteiger partial charge in [0.1, 0.15) is 5.69 Å². The molecule has 4 heteroatoms. The van der Waals surface area contributed by atoms with Crippen LogP contribution in [0, 0.1) is 5.92 Å². The van der Waals surface area contributed by atoms with E-state index in [1.54, 1.807) is 0 Å². The fraction of sp³-hybridized carbons (Fsp3) is 0.200. The lowest BCUT2D eigenvalue weighted by Crippen LogP contribution is -2.20. The number of primary amides is 1. The molecule has 0 aliphatic carbocycles. The van der Waals surface area contributed by atoms with Crippen molar-refractivity contribution >= 4 is 5.91 Å². The quantitative estimate of drug-likeness (QED) is 0.744. The Hall–Kier alpha value is -2.88. The summed E-state index contributed by atoms with van der Waals surface area (Å²) in [5.41, 5.74) is 8.14. The lowest BCUT2D eigenvalue weighted by atomic mass is 10.1. The van der Waals surface area contributed by atoms with Crippen molar-refractivity contribution < 1.29 is 9.21 Å². The van der Waals surface area contributed by atoms with Crippen molar-refractivity contribution in [2.45, 2.75) is 19.8 Å². The van der Waals surface area contributed by atoms with Gasteiger partial charge in [-0.05, 0) is 6.42 Å². The number of aromatic nitrogens is 1. The largest absolute Gasteiger partial charge is 0.440 e. The topological polar surface area (TPSA) is 69.1 Å². The van der Waals surface area contributed by atoms with E-state index in [-0.39, 0.29) is 11.8 Å². The molecule has 0 bridgehead atoms. The smallest absolute Gasteiger partial charge is 0.220 e. The summed E-state index contributed by atoms with van der Waals surface area (Å²) in [6, 6.07) is 19.9. The molecule has 0 saturated heterocycles. The third-order valence-electron chi connectivity index (χ3n) is 4.03. The number of carbonyl (C=O) groups is 1. The average Bonchev–Trinajstić information content (AvgIpc) is 3.05. The summed E-state index contributed by atoms with van der Waals surface area (Å²) < 4.78 is 6.02. The van der Waals surface area contributed by atoms with Crippen molar-refractivity contribution in [3.63, 3.8) is 0 Å². The predicted molar refractivity (Wildman–Crippen MR) is 94.1 cm³/mol. The normalized spacial score (nSPS) is 12.0. The first-order valence-electron chi connectivity index (χ1n) is 8.05. The summed E-state index contributed by atoms with van der Waals surface area (Å²) in [6.07, 6.45) is 1.20. The molecule has 2 N–H and O–H groups in total. The van der Waals surface area contributed by atoms with Crippen molar-refractivity contribution in [3.8, 4) is 22.6 Å². The van der Waals surface area contributed by atoms with E-state index in [0.29, 0.717) is 18.7 Å². The van der Waals surface area contributed by atoms with Crippen LogP contribution in [-0.2, 0) is 11.2 Å². The number of benzene rings is 2. The van der Waals surface area contributed by atoms with Gasteiger partial charge in [0.15, 0.2) is 11.7 Å². The fourth-order valence-electron chi connectivity index (χ4n) is 2.53. The minimum absolute atomic E-state index is 0.197. The monoisotopic (exact) mass is 320 g/mol. The highest BCUT2D eigenvalue weighted by Crippen LogP contribution is 2.33. The summed E-state index contributed by atoms with van der Waals surface area (Å²) in [5.74, 6) is 0.884. The van der Waals surface area contributed by atoms with Crippen LogP contribution in [0.2, 0.25) is 0 Å². The third-order valence-corrected chi connectivity index (χ3v) is 4.03. The van der Waals surface area contributed by atoms with Gasteiger partial charge in [-0.25, -0.2) is 4.98 Å². The van der Waals surface area contributed by atoms with E-state index in [4.69, 9.17) is 10.2 Å². The van der Waals surface area contributed by atoms with E-state index < -0.39 is 0 Å². The number of hydrogen-bond donors (Lipinski definition) is 1. The van der Waals surface area contributed by atoms with Crippen molar-refractivity contribution in [1.82, 2.24) is 4.98 Å². The van der Waals surface area contributed by atoms with Crippen LogP contribution in [0.15, 0.2) is 65.1 Å². The molecule has 4 nitrogen and oxygen atoms in total. The summed E-state index contributed by atoms with van der Waals surface area (Å²) in [5, 5.41) is 0. The number of oxazole rings is 1. The molecular weight excluding hydrogens is 300 g/mol. The van der Waals surface area contributed by atoms with Gasteiger partial charge in [-0.1, -0.05) is 67.6 Å². The minimum Gasteiger partial charge on any atom is -0.440 e. The first-order valence-corrected chi connectivity index (χ1v) is 8.05. The average molecular weight is 320 g/mol. The number of rotatable bonds is 6. The Balaban J connectivity index is 1.96. The van der Waals surface area contributed by atoms with E-state index in [1.807, 2.05) is 67.6 Å². The Morgan fingerprint density at radius 1 is 1.04 bits per heavy atom. The minimum atomic E-state index is -0.298. The highest BCUT2D eigenvalue weighted by atomic mass is 16.4. The highest BCUT2D eigenvalue weighted by Gasteiger charge is 2.18. The Kier molecular flexibility index (Phi) is 4.75. The van der Waals surface area contributed by atoms with Crippen molar-refractivity contribution in [2.24, 2.45) is 11.7 Å². The molecule has 122 valence electrons. The van der Waals surface area contributed by atoms with Gasteiger partial charge < -0.3 is 10.2 Å². The number of nitrogens with zero attached hydrogens (tertiary/aromatic N) is 1. The summed E-state index contributed by atoms with van der Waals surface area (Å²) in [6.45, 7) is 1.82. The molecule has 0 aliphatic rings. The zero-order chi connectivity index (χ0) is 16.9. The van der Waals surface area contributed by atoms with Crippen LogP contribution in [0.5, 0.6) is 0 Å². The molecule has 3 aromatic rings. The molecule has 1 aromatic heterocycles. The van der Waals surface area contributed by atoms with Crippen molar-refractivity contribution in [2.75, 3.05) is 0 Å². The maximum absolute atomic E-state index is 11.2. The molecular formula is C20H20N2O2. The molecule has 1 unspecified atom stereocenters. The van der Waals surface area contributed by atoms with Gasteiger partial charge in [0, 0.05) is 23.5 Å². The zero-order valence-corrected chi connectivity index (χ0v) is 13.6. The predicted octanol–water partition coefficient (Wildman–Crippen LogP) is 4.06. The molecule has 24 heavy (non-hydrogen) atoms. The second kappa shape index (κ2) is 7.13. The number of amides is 1. The Morgan fingerprint density at radius 3 is 2.21 bits per heavy atom. The van der Waals surface area contributed by atoms with Gasteiger partial charge in [0.25, 0.3) is 0 Å². The van der Waals surface area contributed by atoms with Gasteiger partial charge >= 0.3 is 0 Å². The number of nitrogens with two attached hydrogens (primary N) is 1. The van der Waals surface area contributed by atoms with Gasteiger partial charge in [-0.2, -0.15) is 0 Å². The van der Waals surface area contributed by atoms with Gasteiger partial charge in [0.05, 0.1) is 0 Å². The molecule has 3 rings (SSSR count). The van der Waals surface area contributed by atoms with Crippen LogP contribution in [0.25, 0.3) is 22.6 Å². The standard InChI is InChI=1S/C20H20N2O2/c1-14(20(21)23)12-13-17-22-18(15-8-4-2-5-9-15)19(24-17)16-10-6-3-7-11-16/h2-11,14H,12-13H2,1H3,(H2,21,23). The molecule has 0 saturated carbocycles. The maximum atomic E-state index is 11.2. The summed E-state index contributed by atoms with van der Waals surface area (Å²) in [7, 11) is 0. The lowest BCUT2D eigenvalue weighted by molar-refractivity contribution is -0.121. The molecule has 0 fully saturated rings. The Morgan fingerprint density at radius 2 is 1.62 bits per heavy atom. The van der Waals surface area contributed by atoms with Crippen LogP contribution in [0.1, 0.15) is 19.2 Å². The molecule has 0 spiro atoms. The second-order valence-corrected chi connectivity index (χ2v) is 5.86. The van der Waals surface area contributed by atoms with Crippen LogP contribution >= 0.6 is 0 Å². The highest BCUT2D eigenvalue weighted by molar-refractivity contribution is 5.77. The molecule has 1 amide bonds. The van der Waals surface area contributed by atoms with Crippen LogP contribution in [-0.4, -0.2) is 10.9 Å². The van der Waals surface area contributed by atoms with Crippen LogP contribution < -0.4 is 5.73 Å². The van der Waals surface area contributed by atoms with E-state index in [2.05, 4.69) is 4.98 Å². The number of aryl methyl sites for hydroxylation is 1. The zero-order valence-electron chi connectivity index (χ0n) is 13.6. The van der Waals surface area contributed by atoms with Crippen molar-refractivity contribution in [3.05, 3.63) is 66.6 Å². The fourth-order valence-corrected chi connectivity index (χ4v) is 2.53. The molecule has 0 aliphatic heterocycles. The van der Waals surface area contributed by atoms with E-state index in [0.717, 1.165) is 22.6 Å². The van der Waals surface area contributed by atoms with E-state index >= 15 is 0 Å². The molecule has 2 aromatic carbocycles. The van der Waals surface area contributed by atoms with Crippen LogP contribution in [0.3, 0.4) is 0 Å².